The summed E-state index contributed by atoms with van der Waals surface area (Å²) in [6, 6.07) is 12.0. The van der Waals surface area contributed by atoms with Gasteiger partial charge in [0, 0.05) is 36.0 Å². The van der Waals surface area contributed by atoms with Crippen molar-refractivity contribution in [3.05, 3.63) is 53.6 Å². The number of halogens is 3. The fraction of sp³-hybridized carbons (Fsp3) is 0.333. The largest absolute Gasteiger partial charge is 0.416 e. The Morgan fingerprint density at radius 3 is 2.17 bits per heavy atom. The molecule has 1 aliphatic heterocycles. The van der Waals surface area contributed by atoms with Crippen molar-refractivity contribution in [3.63, 3.8) is 0 Å². The number of aryl methyl sites for hydroxylation is 1. The first-order valence-corrected chi connectivity index (χ1v) is 10.8. The minimum absolute atomic E-state index is 0.597. The average Bonchev–Trinajstić information content (AvgIpc) is 2.62. The summed E-state index contributed by atoms with van der Waals surface area (Å²) >= 11 is 1.52. The molecule has 0 bridgehead atoms. The minimum Gasteiger partial charge on any atom is -0.368 e. The van der Waals surface area contributed by atoms with Gasteiger partial charge in [-0.3, -0.25) is 9.11 Å². The molecular weight excluding hydrogens is 429 g/mol. The lowest BCUT2D eigenvalue weighted by Gasteiger charge is -2.31. The molecule has 0 saturated carbocycles. The highest BCUT2D eigenvalue weighted by atomic mass is 32.3. The molecule has 0 spiro atoms. The molecule has 1 aliphatic rings. The predicted molar refractivity (Wildman–Crippen MR) is 106 cm³/mol. The molecule has 0 aromatic heterocycles. The summed E-state index contributed by atoms with van der Waals surface area (Å²) in [6.45, 7) is 5.48. The van der Waals surface area contributed by atoms with E-state index in [0.717, 1.165) is 47.7 Å². The zero-order valence-corrected chi connectivity index (χ0v) is 17.1. The molecule has 2 aromatic rings. The fourth-order valence-corrected chi connectivity index (χ4v) is 3.81. The van der Waals surface area contributed by atoms with Crippen LogP contribution in [-0.2, 0) is 16.6 Å². The number of nitrogens with one attached hydrogen (secondary N) is 1. The highest BCUT2D eigenvalue weighted by Gasteiger charge is 2.30. The van der Waals surface area contributed by atoms with Crippen LogP contribution in [0.2, 0.25) is 0 Å². The molecule has 0 atom stereocenters. The number of rotatable bonds is 3. The van der Waals surface area contributed by atoms with Crippen molar-refractivity contribution >= 4 is 27.8 Å². The number of para-hydroxylation sites is 1. The summed E-state index contributed by atoms with van der Waals surface area (Å²) in [5.74, 6) is 0. The van der Waals surface area contributed by atoms with Gasteiger partial charge in [-0.1, -0.05) is 23.9 Å². The highest BCUT2D eigenvalue weighted by molar-refractivity contribution is 7.99. The van der Waals surface area contributed by atoms with Crippen LogP contribution in [0.4, 0.5) is 18.9 Å². The van der Waals surface area contributed by atoms with Gasteiger partial charge in [0.25, 0.3) is 0 Å². The van der Waals surface area contributed by atoms with Crippen molar-refractivity contribution in [3.8, 4) is 0 Å². The van der Waals surface area contributed by atoms with Gasteiger partial charge in [0.05, 0.1) is 11.3 Å². The van der Waals surface area contributed by atoms with Gasteiger partial charge >= 0.3 is 16.6 Å². The molecule has 1 saturated heterocycles. The molecule has 0 aliphatic carbocycles. The number of benzene rings is 2. The molecule has 6 nitrogen and oxygen atoms in total. The Hall–Kier alpha value is -1.79. The van der Waals surface area contributed by atoms with Gasteiger partial charge in [-0.25, -0.2) is 0 Å². The minimum atomic E-state index is -4.67. The summed E-state index contributed by atoms with van der Waals surface area (Å²) in [6.07, 6.45) is -4.30. The second-order valence-electron chi connectivity index (χ2n) is 6.23. The van der Waals surface area contributed by atoms with E-state index >= 15 is 0 Å². The zero-order valence-electron chi connectivity index (χ0n) is 15.5. The maximum absolute atomic E-state index is 12.8. The van der Waals surface area contributed by atoms with Gasteiger partial charge in [0.1, 0.15) is 0 Å². The Labute approximate surface area is 171 Å². The van der Waals surface area contributed by atoms with Crippen LogP contribution in [0.3, 0.4) is 0 Å². The third kappa shape index (κ3) is 7.86. The standard InChI is InChI=1S/C18H19F3N2S.H2O4S/c1-13-12-14(18(19,20)21)6-7-16(13)24-17-5-3-2-4-15(17)23-10-8-22-9-11-23;1-5(2,3)4/h2-7,12,22H,8-11H2,1H3;(H2,1,2,3,4). The van der Waals surface area contributed by atoms with Crippen molar-refractivity contribution in [2.45, 2.75) is 22.9 Å². The van der Waals surface area contributed by atoms with Crippen molar-refractivity contribution in [1.29, 1.82) is 0 Å². The van der Waals surface area contributed by atoms with Crippen LogP contribution in [0.1, 0.15) is 11.1 Å². The third-order valence-electron chi connectivity index (χ3n) is 4.05. The zero-order chi connectivity index (χ0) is 21.7. The number of hydrogen-bond donors (Lipinski definition) is 3. The van der Waals surface area contributed by atoms with Crippen LogP contribution >= 0.6 is 11.8 Å². The van der Waals surface area contributed by atoms with Crippen molar-refractivity contribution in [1.82, 2.24) is 5.32 Å². The molecule has 1 fully saturated rings. The number of nitrogens with zero attached hydrogens (tertiary/aromatic N) is 1. The Morgan fingerprint density at radius 2 is 1.62 bits per heavy atom. The van der Waals surface area contributed by atoms with E-state index < -0.39 is 22.1 Å². The highest BCUT2D eigenvalue weighted by Crippen LogP contribution is 2.39. The third-order valence-corrected chi connectivity index (χ3v) is 5.29. The van der Waals surface area contributed by atoms with E-state index in [1.54, 1.807) is 13.0 Å². The molecule has 1 heterocycles. The van der Waals surface area contributed by atoms with Gasteiger partial charge in [-0.2, -0.15) is 21.6 Å². The Morgan fingerprint density at radius 1 is 1.03 bits per heavy atom. The lowest BCUT2D eigenvalue weighted by molar-refractivity contribution is -0.137. The van der Waals surface area contributed by atoms with Crippen LogP contribution in [-0.4, -0.2) is 43.7 Å². The quantitative estimate of drug-likeness (QED) is 0.611. The molecule has 0 unspecified atom stereocenters. The lowest BCUT2D eigenvalue weighted by Crippen LogP contribution is -2.43. The van der Waals surface area contributed by atoms with E-state index in [2.05, 4.69) is 16.3 Å². The van der Waals surface area contributed by atoms with Crippen LogP contribution in [0.5, 0.6) is 0 Å². The normalized spacial score (nSPS) is 14.9. The van der Waals surface area contributed by atoms with Crippen molar-refractivity contribution in [2.75, 3.05) is 31.1 Å². The SMILES string of the molecule is Cc1cc(C(F)(F)F)ccc1Sc1ccccc1N1CCNCC1.O=S(=O)(O)O. The summed E-state index contributed by atoms with van der Waals surface area (Å²) in [5.41, 5.74) is 1.19. The van der Waals surface area contributed by atoms with E-state index in [1.807, 2.05) is 18.2 Å². The van der Waals surface area contributed by atoms with Crippen LogP contribution < -0.4 is 10.2 Å². The molecule has 3 rings (SSSR count). The second kappa shape index (κ2) is 9.81. The molecule has 11 heteroatoms. The fourth-order valence-electron chi connectivity index (χ4n) is 2.77. The first kappa shape index (κ1) is 23.5. The molecule has 160 valence electrons. The van der Waals surface area contributed by atoms with E-state index in [9.17, 15) is 13.2 Å². The number of piperazine rings is 1. The van der Waals surface area contributed by atoms with E-state index in [4.69, 9.17) is 17.5 Å². The maximum atomic E-state index is 12.8. The van der Waals surface area contributed by atoms with E-state index in [-0.39, 0.29) is 0 Å². The van der Waals surface area contributed by atoms with Crippen LogP contribution in [0.15, 0.2) is 52.3 Å². The maximum Gasteiger partial charge on any atom is 0.416 e. The molecule has 3 N–H and O–H groups in total. The summed E-state index contributed by atoms with van der Waals surface area (Å²) in [5, 5.41) is 3.33. The monoisotopic (exact) mass is 450 g/mol. The molecule has 2 aromatic carbocycles. The van der Waals surface area contributed by atoms with Gasteiger partial charge in [0.2, 0.25) is 0 Å². The number of alkyl halides is 3. The van der Waals surface area contributed by atoms with Crippen molar-refractivity contribution in [2.24, 2.45) is 0 Å². The topological polar surface area (TPSA) is 89.9 Å². The Balaban J connectivity index is 0.000000537. The van der Waals surface area contributed by atoms with Gasteiger partial charge < -0.3 is 10.2 Å². The first-order chi connectivity index (χ1) is 13.4. The van der Waals surface area contributed by atoms with Gasteiger partial charge in [0.15, 0.2) is 0 Å². The Kier molecular flexibility index (Phi) is 7.94. The molecule has 0 amide bonds. The molecule has 29 heavy (non-hydrogen) atoms. The van der Waals surface area contributed by atoms with Crippen LogP contribution in [0.25, 0.3) is 0 Å². The second-order valence-corrected chi connectivity index (χ2v) is 8.21. The smallest absolute Gasteiger partial charge is 0.368 e. The van der Waals surface area contributed by atoms with Crippen molar-refractivity contribution < 1.29 is 30.7 Å². The summed E-state index contributed by atoms with van der Waals surface area (Å²) < 4.78 is 70.0. The van der Waals surface area contributed by atoms with Gasteiger partial charge in [-0.05, 0) is 42.8 Å². The molecular formula is C18H21F3N2O4S2. The summed E-state index contributed by atoms with van der Waals surface area (Å²) in [7, 11) is -4.67. The van der Waals surface area contributed by atoms with E-state index in [1.165, 1.54) is 17.8 Å². The number of hydrogen-bond acceptors (Lipinski definition) is 5. The van der Waals surface area contributed by atoms with E-state index in [0.29, 0.717) is 5.56 Å². The Bertz CT molecular complexity index is 923. The first-order valence-electron chi connectivity index (χ1n) is 8.55. The average molecular weight is 451 g/mol. The summed E-state index contributed by atoms with van der Waals surface area (Å²) in [4.78, 5) is 4.24. The number of anilines is 1. The van der Waals surface area contributed by atoms with Crippen LogP contribution in [0, 0.1) is 6.92 Å². The van der Waals surface area contributed by atoms with Gasteiger partial charge in [-0.15, -0.1) is 0 Å². The predicted octanol–water partition coefficient (Wildman–Crippen LogP) is 3.92. The lowest BCUT2D eigenvalue weighted by atomic mass is 10.1. The molecule has 0 radical (unpaired) electrons.